The highest BCUT2D eigenvalue weighted by atomic mass is 32.2. The molecule has 0 radical (unpaired) electrons. The lowest BCUT2D eigenvalue weighted by atomic mass is 9.98. The molecule has 1 atom stereocenters. The molecule has 1 aromatic heterocycles. The van der Waals surface area contributed by atoms with Crippen LogP contribution >= 0.6 is 0 Å². The summed E-state index contributed by atoms with van der Waals surface area (Å²) in [4.78, 5) is 2.63. The van der Waals surface area contributed by atoms with E-state index in [4.69, 9.17) is 4.74 Å². The number of hydrogen-bond donors (Lipinski definition) is 2. The van der Waals surface area contributed by atoms with Crippen LogP contribution in [0.1, 0.15) is 44.0 Å². The van der Waals surface area contributed by atoms with Crippen LogP contribution in [-0.4, -0.2) is 50.3 Å². The number of nitrogens with zero attached hydrogens (tertiary/aromatic N) is 2. The molecule has 8 heteroatoms. The molecule has 2 heterocycles. The lowest BCUT2D eigenvalue weighted by Gasteiger charge is -2.32. The molecule has 28 heavy (non-hydrogen) atoms. The molecule has 0 bridgehead atoms. The van der Waals surface area contributed by atoms with Gasteiger partial charge in [0.1, 0.15) is 5.75 Å². The van der Waals surface area contributed by atoms with Gasteiger partial charge in [-0.3, -0.25) is 10.00 Å². The molecule has 1 saturated heterocycles. The van der Waals surface area contributed by atoms with Gasteiger partial charge in [-0.2, -0.15) is 5.10 Å². The lowest BCUT2D eigenvalue weighted by Crippen LogP contribution is -2.40. The topological polar surface area (TPSA) is 87.3 Å². The number of likely N-dealkylation sites (tertiary alicyclic amines) is 1. The lowest BCUT2D eigenvalue weighted by molar-refractivity contribution is 0.167. The van der Waals surface area contributed by atoms with Gasteiger partial charge in [0.2, 0.25) is 10.0 Å². The van der Waals surface area contributed by atoms with E-state index in [1.165, 1.54) is 0 Å². The average molecular weight is 407 g/mol. The predicted molar refractivity (Wildman–Crippen MR) is 109 cm³/mol. The third kappa shape index (κ3) is 5.33. The molecule has 1 aliphatic rings. The summed E-state index contributed by atoms with van der Waals surface area (Å²) in [6.45, 7) is 7.43. The fourth-order valence-electron chi connectivity index (χ4n) is 3.52. The number of hydrogen-bond acceptors (Lipinski definition) is 5. The zero-order valence-electron chi connectivity index (χ0n) is 16.8. The SMILES string of the molecule is COc1ccc(S(=O)(=O)NCC2CCCN(Cc3cc(C(C)C)n[nH]3)C2)cc1. The Morgan fingerprint density at radius 3 is 2.71 bits per heavy atom. The number of aromatic nitrogens is 2. The van der Waals surface area contributed by atoms with Crippen molar-refractivity contribution >= 4 is 10.0 Å². The van der Waals surface area contributed by atoms with Gasteiger partial charge in [0.25, 0.3) is 0 Å². The second-order valence-electron chi connectivity index (χ2n) is 7.74. The van der Waals surface area contributed by atoms with Gasteiger partial charge in [-0.1, -0.05) is 13.8 Å². The molecule has 1 fully saturated rings. The molecular weight excluding hydrogens is 376 g/mol. The summed E-state index contributed by atoms with van der Waals surface area (Å²) in [6, 6.07) is 8.58. The second-order valence-corrected chi connectivity index (χ2v) is 9.51. The highest BCUT2D eigenvalue weighted by Crippen LogP contribution is 2.20. The first-order valence-corrected chi connectivity index (χ1v) is 11.3. The Balaban J connectivity index is 1.53. The molecule has 3 rings (SSSR count). The average Bonchev–Trinajstić information content (AvgIpc) is 3.16. The van der Waals surface area contributed by atoms with Crippen molar-refractivity contribution in [1.29, 1.82) is 0 Å². The Hall–Kier alpha value is -1.90. The van der Waals surface area contributed by atoms with Gasteiger partial charge in [0, 0.05) is 25.3 Å². The summed E-state index contributed by atoms with van der Waals surface area (Å²) in [7, 11) is -1.95. The van der Waals surface area contributed by atoms with Crippen molar-refractivity contribution in [1.82, 2.24) is 19.8 Å². The van der Waals surface area contributed by atoms with E-state index < -0.39 is 10.0 Å². The monoisotopic (exact) mass is 406 g/mol. The molecule has 2 N–H and O–H groups in total. The minimum absolute atomic E-state index is 0.264. The quantitative estimate of drug-likeness (QED) is 0.704. The molecule has 0 aliphatic carbocycles. The van der Waals surface area contributed by atoms with Crippen LogP contribution in [0.3, 0.4) is 0 Å². The van der Waals surface area contributed by atoms with Gasteiger partial charge in [-0.25, -0.2) is 13.1 Å². The van der Waals surface area contributed by atoms with Crippen molar-refractivity contribution in [2.24, 2.45) is 5.92 Å². The fraction of sp³-hybridized carbons (Fsp3) is 0.550. The first kappa shape index (κ1) is 20.8. The fourth-order valence-corrected chi connectivity index (χ4v) is 4.64. The maximum absolute atomic E-state index is 12.5. The number of piperidine rings is 1. The van der Waals surface area contributed by atoms with Crippen LogP contribution in [-0.2, 0) is 16.6 Å². The van der Waals surface area contributed by atoms with Gasteiger partial charge >= 0.3 is 0 Å². The van der Waals surface area contributed by atoms with Crippen LogP contribution in [0.5, 0.6) is 5.75 Å². The first-order chi connectivity index (χ1) is 13.4. The largest absolute Gasteiger partial charge is 0.497 e. The molecule has 1 aromatic carbocycles. The molecule has 0 spiro atoms. The molecule has 2 aromatic rings. The number of nitrogens with one attached hydrogen (secondary N) is 2. The summed E-state index contributed by atoms with van der Waals surface area (Å²) in [6.07, 6.45) is 2.10. The molecule has 1 aliphatic heterocycles. The minimum Gasteiger partial charge on any atom is -0.497 e. The molecule has 154 valence electrons. The Labute approximate surface area is 167 Å². The van der Waals surface area contributed by atoms with Gasteiger partial charge < -0.3 is 4.74 Å². The Kier molecular flexibility index (Phi) is 6.74. The third-order valence-electron chi connectivity index (χ3n) is 5.17. The van der Waals surface area contributed by atoms with Crippen molar-refractivity contribution in [3.05, 3.63) is 41.7 Å². The summed E-state index contributed by atoms with van der Waals surface area (Å²) in [5.41, 5.74) is 2.19. The summed E-state index contributed by atoms with van der Waals surface area (Å²) < 4.78 is 32.9. The van der Waals surface area contributed by atoms with Gasteiger partial charge in [-0.05, 0) is 61.6 Å². The summed E-state index contributed by atoms with van der Waals surface area (Å²) >= 11 is 0. The standard InChI is InChI=1S/C20H30N4O3S/c1-15(2)20-11-17(22-23-20)14-24-10-4-5-16(13-24)12-21-28(25,26)19-8-6-18(27-3)7-9-19/h6-9,11,15-16,21H,4-5,10,12-14H2,1-3H3,(H,22,23). The Morgan fingerprint density at radius 2 is 2.07 bits per heavy atom. The van der Waals surface area contributed by atoms with Crippen molar-refractivity contribution in [2.45, 2.75) is 44.0 Å². The third-order valence-corrected chi connectivity index (χ3v) is 6.61. The molecule has 0 amide bonds. The number of benzene rings is 1. The van der Waals surface area contributed by atoms with E-state index in [-0.39, 0.29) is 4.90 Å². The molecule has 1 unspecified atom stereocenters. The zero-order chi connectivity index (χ0) is 20.1. The van der Waals surface area contributed by atoms with Crippen molar-refractivity contribution in [2.75, 3.05) is 26.7 Å². The van der Waals surface area contributed by atoms with Crippen LogP contribution in [0.15, 0.2) is 35.2 Å². The van der Waals surface area contributed by atoms with E-state index >= 15 is 0 Å². The number of aromatic amines is 1. The number of rotatable bonds is 8. The Bertz CT molecular complexity index is 862. The van der Waals surface area contributed by atoms with Crippen LogP contribution < -0.4 is 9.46 Å². The van der Waals surface area contributed by atoms with Crippen LogP contribution in [0.4, 0.5) is 0 Å². The highest BCUT2D eigenvalue weighted by molar-refractivity contribution is 7.89. The molecule has 0 saturated carbocycles. The molecule has 7 nitrogen and oxygen atoms in total. The number of ether oxygens (including phenoxy) is 1. The maximum Gasteiger partial charge on any atom is 0.240 e. The van der Waals surface area contributed by atoms with Gasteiger partial charge in [0.15, 0.2) is 0 Å². The first-order valence-electron chi connectivity index (χ1n) is 9.77. The Morgan fingerprint density at radius 1 is 1.32 bits per heavy atom. The van der Waals surface area contributed by atoms with Crippen LogP contribution in [0.2, 0.25) is 0 Å². The molecular formula is C20H30N4O3S. The van der Waals surface area contributed by atoms with E-state index in [2.05, 4.69) is 39.7 Å². The minimum atomic E-state index is -3.51. The van der Waals surface area contributed by atoms with Gasteiger partial charge in [0.05, 0.1) is 17.7 Å². The van der Waals surface area contributed by atoms with E-state index in [1.807, 2.05) is 0 Å². The van der Waals surface area contributed by atoms with Crippen molar-refractivity contribution < 1.29 is 13.2 Å². The number of methoxy groups -OCH3 is 1. The van der Waals surface area contributed by atoms with Crippen molar-refractivity contribution in [3.8, 4) is 5.75 Å². The predicted octanol–water partition coefficient (Wildman–Crippen LogP) is 2.73. The second kappa shape index (κ2) is 9.07. The number of H-pyrrole nitrogens is 1. The number of sulfonamides is 1. The van der Waals surface area contributed by atoms with Crippen LogP contribution in [0, 0.1) is 5.92 Å². The van der Waals surface area contributed by atoms with Crippen molar-refractivity contribution in [3.63, 3.8) is 0 Å². The van der Waals surface area contributed by atoms with Gasteiger partial charge in [-0.15, -0.1) is 0 Å². The smallest absolute Gasteiger partial charge is 0.240 e. The maximum atomic E-state index is 12.5. The van der Waals surface area contributed by atoms with E-state index in [9.17, 15) is 8.42 Å². The highest BCUT2D eigenvalue weighted by Gasteiger charge is 2.23. The zero-order valence-corrected chi connectivity index (χ0v) is 17.6. The summed E-state index contributed by atoms with van der Waals surface area (Å²) in [5.74, 6) is 1.35. The summed E-state index contributed by atoms with van der Waals surface area (Å²) in [5, 5.41) is 7.49. The van der Waals surface area contributed by atoms with Crippen LogP contribution in [0.25, 0.3) is 0 Å². The normalized spacial score (nSPS) is 18.5. The van der Waals surface area contributed by atoms with E-state index in [0.29, 0.717) is 24.1 Å². The van der Waals surface area contributed by atoms with E-state index in [0.717, 1.165) is 43.9 Å². The van der Waals surface area contributed by atoms with E-state index in [1.54, 1.807) is 31.4 Å².